The molecule has 0 radical (unpaired) electrons. The highest BCUT2D eigenvalue weighted by molar-refractivity contribution is 6.45. The molecule has 1 aromatic rings. The first-order valence-electron chi connectivity index (χ1n) is 11.2. The lowest BCUT2D eigenvalue weighted by Crippen LogP contribution is -2.46. The van der Waals surface area contributed by atoms with Gasteiger partial charge in [0.15, 0.2) is 0 Å². The molecule has 1 saturated carbocycles. The summed E-state index contributed by atoms with van der Waals surface area (Å²) >= 11 is 0. The van der Waals surface area contributed by atoms with Crippen molar-refractivity contribution in [3.05, 3.63) is 29.3 Å². The summed E-state index contributed by atoms with van der Waals surface area (Å²) in [6, 6.07) is 4.95. The van der Waals surface area contributed by atoms with Crippen LogP contribution in [0.15, 0.2) is 18.2 Å². The largest absolute Gasteiger partial charge is 0.334 e. The SMILES string of the molecule is CC(C)c1cccc(C(C)C)c1NC(=O)CN1C(=O)C(=O)N([C@@H]2CCCC[C@H]2C)C1=O. The van der Waals surface area contributed by atoms with Crippen LogP contribution >= 0.6 is 0 Å². The lowest BCUT2D eigenvalue weighted by atomic mass is 9.85. The number of nitrogens with one attached hydrogen (secondary N) is 1. The maximum Gasteiger partial charge on any atom is 0.334 e. The summed E-state index contributed by atoms with van der Waals surface area (Å²) in [5.41, 5.74) is 2.71. The first-order chi connectivity index (χ1) is 14.6. The lowest BCUT2D eigenvalue weighted by molar-refractivity contribution is -0.145. The predicted molar refractivity (Wildman–Crippen MR) is 119 cm³/mol. The van der Waals surface area contributed by atoms with Gasteiger partial charge in [0.05, 0.1) is 0 Å². The highest BCUT2D eigenvalue weighted by atomic mass is 16.2. The molecule has 0 aromatic heterocycles. The van der Waals surface area contributed by atoms with E-state index < -0.39 is 30.3 Å². The number of rotatable bonds is 6. The van der Waals surface area contributed by atoms with Gasteiger partial charge in [0, 0.05) is 11.7 Å². The Bertz CT molecular complexity index is 867. The van der Waals surface area contributed by atoms with E-state index in [1.54, 1.807) is 0 Å². The molecule has 0 bridgehead atoms. The van der Waals surface area contributed by atoms with Gasteiger partial charge in [-0.25, -0.2) is 9.69 Å². The maximum absolute atomic E-state index is 12.9. The third kappa shape index (κ3) is 4.50. The van der Waals surface area contributed by atoms with Crippen molar-refractivity contribution < 1.29 is 19.2 Å². The van der Waals surface area contributed by atoms with Crippen molar-refractivity contribution in [2.75, 3.05) is 11.9 Å². The first kappa shape index (κ1) is 23.0. The van der Waals surface area contributed by atoms with Crippen molar-refractivity contribution in [2.24, 2.45) is 5.92 Å². The van der Waals surface area contributed by atoms with E-state index in [9.17, 15) is 19.2 Å². The third-order valence-electron chi connectivity index (χ3n) is 6.42. The van der Waals surface area contributed by atoms with Gasteiger partial charge in [-0.05, 0) is 41.7 Å². The number of anilines is 1. The Morgan fingerprint density at radius 1 is 1.00 bits per heavy atom. The molecule has 0 spiro atoms. The highest BCUT2D eigenvalue weighted by Crippen LogP contribution is 2.33. The van der Waals surface area contributed by atoms with E-state index in [1.165, 1.54) is 0 Å². The van der Waals surface area contributed by atoms with Crippen molar-refractivity contribution in [1.29, 1.82) is 0 Å². The summed E-state index contributed by atoms with van der Waals surface area (Å²) in [4.78, 5) is 52.8. The van der Waals surface area contributed by atoms with Crippen LogP contribution in [-0.4, -0.2) is 46.1 Å². The van der Waals surface area contributed by atoms with Crippen LogP contribution < -0.4 is 5.32 Å². The molecule has 5 amide bonds. The monoisotopic (exact) mass is 427 g/mol. The number of amides is 5. The number of carbonyl (C=O) groups excluding carboxylic acids is 4. The molecule has 1 saturated heterocycles. The number of hydrogen-bond donors (Lipinski definition) is 1. The molecule has 1 N–H and O–H groups in total. The molecule has 7 heteroatoms. The van der Waals surface area contributed by atoms with Crippen LogP contribution in [0.5, 0.6) is 0 Å². The van der Waals surface area contributed by atoms with Crippen LogP contribution in [-0.2, 0) is 14.4 Å². The minimum absolute atomic E-state index is 0.148. The predicted octanol–water partition coefficient (Wildman–Crippen LogP) is 4.24. The van der Waals surface area contributed by atoms with E-state index in [0.717, 1.165) is 45.9 Å². The molecule has 1 aliphatic carbocycles. The van der Waals surface area contributed by atoms with E-state index in [2.05, 4.69) is 5.32 Å². The molecule has 2 aliphatic rings. The molecule has 3 rings (SSSR count). The molecule has 1 aliphatic heterocycles. The molecule has 1 aromatic carbocycles. The summed E-state index contributed by atoms with van der Waals surface area (Å²) in [7, 11) is 0. The average Bonchev–Trinajstić information content (AvgIpc) is 2.91. The third-order valence-corrected chi connectivity index (χ3v) is 6.42. The number of para-hydroxylation sites is 1. The van der Waals surface area contributed by atoms with Crippen LogP contribution in [0.4, 0.5) is 10.5 Å². The lowest BCUT2D eigenvalue weighted by Gasteiger charge is -2.34. The van der Waals surface area contributed by atoms with E-state index in [0.29, 0.717) is 6.42 Å². The van der Waals surface area contributed by atoms with Gasteiger partial charge in [0.1, 0.15) is 6.54 Å². The Morgan fingerprint density at radius 2 is 1.58 bits per heavy atom. The van der Waals surface area contributed by atoms with Crippen molar-refractivity contribution in [3.8, 4) is 0 Å². The second kappa shape index (κ2) is 9.20. The van der Waals surface area contributed by atoms with Crippen LogP contribution in [0.3, 0.4) is 0 Å². The molecule has 1 heterocycles. The Hall–Kier alpha value is -2.70. The second-order valence-electron chi connectivity index (χ2n) is 9.35. The fourth-order valence-corrected chi connectivity index (χ4v) is 4.65. The zero-order valence-corrected chi connectivity index (χ0v) is 19.1. The van der Waals surface area contributed by atoms with E-state index in [4.69, 9.17) is 0 Å². The zero-order chi connectivity index (χ0) is 22.9. The summed E-state index contributed by atoms with van der Waals surface area (Å²) < 4.78 is 0. The molecule has 0 unspecified atom stereocenters. The summed E-state index contributed by atoms with van der Waals surface area (Å²) in [5.74, 6) is -1.69. The maximum atomic E-state index is 12.9. The van der Waals surface area contributed by atoms with E-state index >= 15 is 0 Å². The minimum Gasteiger partial charge on any atom is -0.324 e. The van der Waals surface area contributed by atoms with E-state index in [-0.39, 0.29) is 23.8 Å². The van der Waals surface area contributed by atoms with Crippen LogP contribution in [0.25, 0.3) is 0 Å². The van der Waals surface area contributed by atoms with Crippen LogP contribution in [0, 0.1) is 5.92 Å². The quantitative estimate of drug-likeness (QED) is 0.543. The van der Waals surface area contributed by atoms with Gasteiger partial charge < -0.3 is 5.32 Å². The smallest absolute Gasteiger partial charge is 0.324 e. The number of carbonyl (C=O) groups is 4. The van der Waals surface area contributed by atoms with Crippen molar-refractivity contribution >= 4 is 29.4 Å². The van der Waals surface area contributed by atoms with E-state index in [1.807, 2.05) is 52.8 Å². The van der Waals surface area contributed by atoms with Gasteiger partial charge in [-0.1, -0.05) is 65.7 Å². The van der Waals surface area contributed by atoms with Gasteiger partial charge in [0.25, 0.3) is 0 Å². The van der Waals surface area contributed by atoms with Crippen molar-refractivity contribution in [2.45, 2.75) is 78.2 Å². The number of urea groups is 1. The molecule has 2 fully saturated rings. The average molecular weight is 428 g/mol. The summed E-state index contributed by atoms with van der Waals surface area (Å²) in [6.45, 7) is 9.72. The van der Waals surface area contributed by atoms with Gasteiger partial charge in [-0.3, -0.25) is 19.3 Å². The Kier molecular flexibility index (Phi) is 6.82. The molecule has 168 valence electrons. The molecule has 31 heavy (non-hydrogen) atoms. The fourth-order valence-electron chi connectivity index (χ4n) is 4.65. The molecule has 2 atom stereocenters. The van der Waals surface area contributed by atoms with Crippen molar-refractivity contribution in [1.82, 2.24) is 9.80 Å². The molecule has 7 nitrogen and oxygen atoms in total. The normalized spacial score (nSPS) is 22.1. The number of imide groups is 2. The zero-order valence-electron chi connectivity index (χ0n) is 19.1. The van der Waals surface area contributed by atoms with Crippen molar-refractivity contribution in [3.63, 3.8) is 0 Å². The highest BCUT2D eigenvalue weighted by Gasteiger charge is 2.49. The fraction of sp³-hybridized carbons (Fsp3) is 0.583. The second-order valence-corrected chi connectivity index (χ2v) is 9.35. The molecular weight excluding hydrogens is 394 g/mol. The van der Waals surface area contributed by atoms with Gasteiger partial charge in [-0.2, -0.15) is 0 Å². The topological polar surface area (TPSA) is 86.8 Å². The minimum atomic E-state index is -0.917. The van der Waals surface area contributed by atoms with Crippen LogP contribution in [0.1, 0.15) is 83.3 Å². The van der Waals surface area contributed by atoms with Gasteiger partial charge in [-0.15, -0.1) is 0 Å². The van der Waals surface area contributed by atoms with Gasteiger partial charge >= 0.3 is 17.8 Å². The van der Waals surface area contributed by atoms with Gasteiger partial charge in [0.2, 0.25) is 5.91 Å². The first-order valence-corrected chi connectivity index (χ1v) is 11.2. The number of nitrogens with zero attached hydrogens (tertiary/aromatic N) is 2. The van der Waals surface area contributed by atoms with Crippen LogP contribution in [0.2, 0.25) is 0 Å². The Morgan fingerprint density at radius 3 is 2.13 bits per heavy atom. The Balaban J connectivity index is 1.79. The Labute approximate surface area is 184 Å². The molecular formula is C24H33N3O4. The number of benzene rings is 1. The summed E-state index contributed by atoms with van der Waals surface area (Å²) in [6.07, 6.45) is 3.60. The standard InChI is InChI=1S/C24H33N3O4/c1-14(2)17-10-8-11-18(15(3)4)21(17)25-20(28)13-26-22(29)23(30)27(24(26)31)19-12-7-6-9-16(19)5/h8,10-11,14-16,19H,6-7,9,12-13H2,1-5H3,(H,25,28)/t16-,19-/m1/s1. The summed E-state index contributed by atoms with van der Waals surface area (Å²) in [5, 5.41) is 2.91. The number of hydrogen-bond acceptors (Lipinski definition) is 4.